The van der Waals surface area contributed by atoms with Crippen molar-refractivity contribution in [3.63, 3.8) is 0 Å². The third kappa shape index (κ3) is 3.75. The van der Waals surface area contributed by atoms with E-state index in [0.29, 0.717) is 0 Å². The van der Waals surface area contributed by atoms with E-state index in [1.54, 1.807) is 18.9 Å². The SMILES string of the molecule is CNCc1ccc(Br)cc1Sc1ccccc1OC. The largest absolute Gasteiger partial charge is 0.496 e. The Labute approximate surface area is 126 Å². The molecule has 4 heteroatoms. The predicted molar refractivity (Wildman–Crippen MR) is 84.0 cm³/mol. The van der Waals surface area contributed by atoms with E-state index in [1.165, 1.54) is 10.5 Å². The van der Waals surface area contributed by atoms with E-state index in [9.17, 15) is 0 Å². The number of hydrogen-bond donors (Lipinski definition) is 1. The van der Waals surface area contributed by atoms with Crippen molar-refractivity contribution in [1.82, 2.24) is 5.32 Å². The summed E-state index contributed by atoms with van der Waals surface area (Å²) >= 11 is 5.26. The highest BCUT2D eigenvalue weighted by Crippen LogP contribution is 2.37. The van der Waals surface area contributed by atoms with Gasteiger partial charge in [-0.1, -0.05) is 45.9 Å². The standard InChI is InChI=1S/C15H16BrNOS/c1-17-10-11-7-8-12(16)9-15(11)19-14-6-4-3-5-13(14)18-2/h3-9,17H,10H2,1-2H3. The summed E-state index contributed by atoms with van der Waals surface area (Å²) in [5.41, 5.74) is 1.28. The van der Waals surface area contributed by atoms with Crippen molar-refractivity contribution < 1.29 is 4.74 Å². The molecule has 0 spiro atoms. The van der Waals surface area contributed by atoms with Crippen LogP contribution in [0.1, 0.15) is 5.56 Å². The lowest BCUT2D eigenvalue weighted by atomic mass is 10.2. The number of ether oxygens (including phenoxy) is 1. The van der Waals surface area contributed by atoms with E-state index in [2.05, 4.69) is 45.5 Å². The lowest BCUT2D eigenvalue weighted by Gasteiger charge is -2.12. The number of methoxy groups -OCH3 is 1. The van der Waals surface area contributed by atoms with Gasteiger partial charge in [-0.3, -0.25) is 0 Å². The third-order valence-electron chi connectivity index (χ3n) is 2.69. The molecular weight excluding hydrogens is 322 g/mol. The van der Waals surface area contributed by atoms with Crippen molar-refractivity contribution in [2.75, 3.05) is 14.2 Å². The monoisotopic (exact) mass is 337 g/mol. The van der Waals surface area contributed by atoms with Crippen LogP contribution in [0.5, 0.6) is 5.75 Å². The smallest absolute Gasteiger partial charge is 0.132 e. The average molecular weight is 338 g/mol. The van der Waals surface area contributed by atoms with E-state index < -0.39 is 0 Å². The Kier molecular flexibility index (Phi) is 5.31. The highest BCUT2D eigenvalue weighted by Gasteiger charge is 2.08. The topological polar surface area (TPSA) is 21.3 Å². The van der Waals surface area contributed by atoms with Crippen LogP contribution in [0.4, 0.5) is 0 Å². The molecule has 0 heterocycles. The number of para-hydroxylation sites is 1. The number of nitrogens with one attached hydrogen (secondary N) is 1. The molecule has 0 bridgehead atoms. The molecular formula is C15H16BrNOS. The van der Waals surface area contributed by atoms with Gasteiger partial charge in [-0.05, 0) is 36.9 Å². The fourth-order valence-electron chi connectivity index (χ4n) is 1.78. The molecule has 0 saturated heterocycles. The molecule has 0 radical (unpaired) electrons. The summed E-state index contributed by atoms with van der Waals surface area (Å²) in [6, 6.07) is 14.4. The van der Waals surface area contributed by atoms with Crippen molar-refractivity contribution in [1.29, 1.82) is 0 Å². The van der Waals surface area contributed by atoms with Crippen LogP contribution in [0.3, 0.4) is 0 Å². The summed E-state index contributed by atoms with van der Waals surface area (Å²) in [5, 5.41) is 3.20. The van der Waals surface area contributed by atoms with Crippen molar-refractivity contribution >= 4 is 27.7 Å². The number of halogens is 1. The quantitative estimate of drug-likeness (QED) is 0.877. The Morgan fingerprint density at radius 1 is 1.16 bits per heavy atom. The molecule has 0 aromatic heterocycles. The third-order valence-corrected chi connectivity index (χ3v) is 4.34. The lowest BCUT2D eigenvalue weighted by molar-refractivity contribution is 0.405. The van der Waals surface area contributed by atoms with Crippen LogP contribution in [0.25, 0.3) is 0 Å². The molecule has 100 valence electrons. The second-order valence-electron chi connectivity index (χ2n) is 4.04. The van der Waals surface area contributed by atoms with Crippen LogP contribution in [0, 0.1) is 0 Å². The molecule has 0 aliphatic carbocycles. The molecule has 0 fully saturated rings. The van der Waals surface area contributed by atoms with Crippen LogP contribution in [-0.2, 0) is 6.54 Å². The summed E-state index contributed by atoms with van der Waals surface area (Å²) in [7, 11) is 3.66. The minimum atomic E-state index is 0.852. The van der Waals surface area contributed by atoms with E-state index in [4.69, 9.17) is 4.74 Å². The Hall–Kier alpha value is -0.970. The molecule has 2 aromatic rings. The van der Waals surface area contributed by atoms with Crippen LogP contribution >= 0.6 is 27.7 Å². The maximum atomic E-state index is 5.40. The maximum absolute atomic E-state index is 5.40. The van der Waals surface area contributed by atoms with E-state index in [0.717, 1.165) is 21.7 Å². The van der Waals surface area contributed by atoms with Crippen LogP contribution in [0.15, 0.2) is 56.7 Å². The van der Waals surface area contributed by atoms with Gasteiger partial charge in [-0.15, -0.1) is 0 Å². The molecule has 0 aliphatic heterocycles. The summed E-state index contributed by atoms with van der Waals surface area (Å²) in [5.74, 6) is 0.905. The molecule has 0 amide bonds. The van der Waals surface area contributed by atoms with Crippen LogP contribution < -0.4 is 10.1 Å². The Balaban J connectivity index is 2.34. The van der Waals surface area contributed by atoms with Gasteiger partial charge >= 0.3 is 0 Å². The minimum absolute atomic E-state index is 0.852. The van der Waals surface area contributed by atoms with Gasteiger partial charge in [0.25, 0.3) is 0 Å². The fourth-order valence-corrected chi connectivity index (χ4v) is 3.39. The zero-order valence-corrected chi connectivity index (χ0v) is 13.3. The first-order valence-corrected chi connectivity index (χ1v) is 7.59. The zero-order chi connectivity index (χ0) is 13.7. The molecule has 0 atom stereocenters. The number of rotatable bonds is 5. The van der Waals surface area contributed by atoms with Gasteiger partial charge in [0.05, 0.1) is 12.0 Å². The first-order chi connectivity index (χ1) is 9.24. The molecule has 0 aliphatic rings. The molecule has 0 saturated carbocycles. The highest BCUT2D eigenvalue weighted by atomic mass is 79.9. The number of benzene rings is 2. The van der Waals surface area contributed by atoms with Crippen LogP contribution in [-0.4, -0.2) is 14.2 Å². The molecule has 1 N–H and O–H groups in total. The minimum Gasteiger partial charge on any atom is -0.496 e. The van der Waals surface area contributed by atoms with Crippen molar-refractivity contribution in [3.8, 4) is 5.75 Å². The van der Waals surface area contributed by atoms with Crippen molar-refractivity contribution in [3.05, 3.63) is 52.5 Å². The molecule has 2 aromatic carbocycles. The summed E-state index contributed by atoms with van der Waals surface area (Å²) in [4.78, 5) is 2.36. The first kappa shape index (κ1) is 14.4. The molecule has 19 heavy (non-hydrogen) atoms. The van der Waals surface area contributed by atoms with Gasteiger partial charge in [0, 0.05) is 15.9 Å². The van der Waals surface area contributed by atoms with Gasteiger partial charge in [0.15, 0.2) is 0 Å². The van der Waals surface area contributed by atoms with Crippen molar-refractivity contribution in [2.24, 2.45) is 0 Å². The van der Waals surface area contributed by atoms with Gasteiger partial charge in [0.2, 0.25) is 0 Å². The van der Waals surface area contributed by atoms with E-state index in [-0.39, 0.29) is 0 Å². The Bertz CT molecular complexity index is 560. The van der Waals surface area contributed by atoms with E-state index in [1.807, 2.05) is 25.2 Å². The molecule has 2 rings (SSSR count). The summed E-state index contributed by atoms with van der Waals surface area (Å²) in [6.07, 6.45) is 0. The van der Waals surface area contributed by atoms with Crippen molar-refractivity contribution in [2.45, 2.75) is 16.3 Å². The fraction of sp³-hybridized carbons (Fsp3) is 0.200. The molecule has 2 nitrogen and oxygen atoms in total. The summed E-state index contributed by atoms with van der Waals surface area (Å²) in [6.45, 7) is 0.852. The predicted octanol–water partition coefficient (Wildman–Crippen LogP) is 4.33. The first-order valence-electron chi connectivity index (χ1n) is 5.98. The van der Waals surface area contributed by atoms with Gasteiger partial charge in [0.1, 0.15) is 5.75 Å². The number of hydrogen-bond acceptors (Lipinski definition) is 3. The zero-order valence-electron chi connectivity index (χ0n) is 10.9. The Morgan fingerprint density at radius 2 is 1.95 bits per heavy atom. The van der Waals surface area contributed by atoms with Gasteiger partial charge < -0.3 is 10.1 Å². The second kappa shape index (κ2) is 6.98. The summed E-state index contributed by atoms with van der Waals surface area (Å²) < 4.78 is 6.49. The lowest BCUT2D eigenvalue weighted by Crippen LogP contribution is -2.06. The second-order valence-corrected chi connectivity index (χ2v) is 6.03. The Morgan fingerprint density at radius 3 is 2.68 bits per heavy atom. The highest BCUT2D eigenvalue weighted by molar-refractivity contribution is 9.10. The maximum Gasteiger partial charge on any atom is 0.132 e. The molecule has 0 unspecified atom stereocenters. The van der Waals surface area contributed by atoms with Gasteiger partial charge in [-0.2, -0.15) is 0 Å². The van der Waals surface area contributed by atoms with E-state index >= 15 is 0 Å². The van der Waals surface area contributed by atoms with Crippen LogP contribution in [0.2, 0.25) is 0 Å². The average Bonchev–Trinajstić information content (AvgIpc) is 2.42. The van der Waals surface area contributed by atoms with Gasteiger partial charge in [-0.25, -0.2) is 0 Å². The normalized spacial score (nSPS) is 10.5.